The minimum absolute atomic E-state index is 0. The van der Waals surface area contributed by atoms with Gasteiger partial charge in [-0.25, -0.2) is 25.3 Å². The van der Waals surface area contributed by atoms with Gasteiger partial charge in [-0.1, -0.05) is 168 Å². The summed E-state index contributed by atoms with van der Waals surface area (Å²) in [6.45, 7) is 0. The molecular weight excluding hydrogens is 920 g/mol. The molecule has 0 amide bonds. The van der Waals surface area contributed by atoms with E-state index in [2.05, 4.69) is 170 Å². The number of hydrogen-bond donors (Lipinski definition) is 0. The minimum atomic E-state index is 0. The Morgan fingerprint density at radius 1 is 0.333 bits per heavy atom. The average molecular weight is 952 g/mol. The zero-order chi connectivity index (χ0) is 45.0. The maximum atomic E-state index is 5.40. The van der Waals surface area contributed by atoms with Crippen LogP contribution < -0.4 is 50.6 Å². The topological polar surface area (TPSA) is 102 Å². The molecule has 5 heterocycles. The van der Waals surface area contributed by atoms with Gasteiger partial charge in [0.05, 0.1) is 11.7 Å². The molecule has 0 aliphatic carbocycles. The van der Waals surface area contributed by atoms with E-state index >= 15 is 0 Å². The van der Waals surface area contributed by atoms with Gasteiger partial charge in [0, 0.05) is 88.2 Å². The molecule has 0 spiro atoms. The molecule has 0 saturated heterocycles. The molecule has 0 fully saturated rings. The molecule has 0 saturated carbocycles. The van der Waals surface area contributed by atoms with Crippen LogP contribution in [0.4, 0.5) is 0 Å². The summed E-state index contributed by atoms with van der Waals surface area (Å²) in [7, 11) is 0. The second-order valence-electron chi connectivity index (χ2n) is 15.9. The third-order valence-corrected chi connectivity index (χ3v) is 15.8. The minimum Gasteiger partial charge on any atom is -0.357 e. The quantitative estimate of drug-likeness (QED) is 0.147. The third-order valence-electron chi connectivity index (χ3n) is 11.5. The van der Waals surface area contributed by atoms with Gasteiger partial charge in [-0.2, -0.15) is 0 Å². The van der Waals surface area contributed by atoms with E-state index in [1.165, 1.54) is 0 Å². The largest absolute Gasteiger partial charge is 1.00 e. The Balaban J connectivity index is 0.00000492. The van der Waals surface area contributed by atoms with Crippen molar-refractivity contribution < 1.29 is 18.9 Å². The first-order valence-corrected chi connectivity index (χ1v) is 25.1. The van der Waals surface area contributed by atoms with E-state index in [4.69, 9.17) is 40.3 Å². The maximum absolute atomic E-state index is 5.40. The van der Waals surface area contributed by atoms with E-state index in [1.54, 1.807) is 47.0 Å². The number of aromatic nitrogens is 1. The van der Waals surface area contributed by atoms with Gasteiger partial charge in [0.15, 0.2) is 23.3 Å². The average Bonchev–Trinajstić information content (AvgIpc) is 4.12. The fourth-order valence-corrected chi connectivity index (χ4v) is 12.5. The van der Waals surface area contributed by atoms with Crippen LogP contribution in [0.3, 0.4) is 0 Å². The number of rotatable bonds is 8. The molecule has 8 aromatic carbocycles. The van der Waals surface area contributed by atoms with Crippen molar-refractivity contribution in [3.8, 4) is 0 Å². The molecule has 4 aliphatic heterocycles. The van der Waals surface area contributed by atoms with E-state index < -0.39 is 0 Å². The first-order valence-electron chi connectivity index (χ1n) is 21.8. The fraction of sp³-hybridized carbons (Fsp3) is 0. The Bertz CT molecular complexity index is 3930. The summed E-state index contributed by atoms with van der Waals surface area (Å²) in [5, 5.41) is 8.77. The van der Waals surface area contributed by atoms with Crippen molar-refractivity contribution in [1.82, 2.24) is 10.3 Å². The van der Waals surface area contributed by atoms with Crippen molar-refractivity contribution in [2.75, 3.05) is 0 Å². The Labute approximate surface area is 425 Å². The van der Waals surface area contributed by atoms with Gasteiger partial charge < -0.3 is 15.0 Å². The predicted molar refractivity (Wildman–Crippen MR) is 276 cm³/mol. The van der Waals surface area contributed by atoms with Crippen LogP contribution >= 0.6 is 47.0 Å². The second kappa shape index (κ2) is 18.6. The van der Waals surface area contributed by atoms with Crippen LogP contribution in [0, 0.1) is 0 Å². The molecule has 13 rings (SSSR count). The van der Waals surface area contributed by atoms with Crippen molar-refractivity contribution >= 4 is 92.8 Å². The molecule has 9 aromatic rings. The normalized spacial score (nSPS) is 14.0. The monoisotopic (exact) mass is 951 g/mol. The van der Waals surface area contributed by atoms with E-state index in [-0.39, 0.29) is 18.9 Å². The fourth-order valence-electron chi connectivity index (χ4n) is 8.53. The molecule has 13 heteroatoms. The van der Waals surface area contributed by atoms with Gasteiger partial charge in [-0.3, -0.25) is 0 Å². The predicted octanol–water partition coefficient (Wildman–Crippen LogP) is 7.52. The van der Waals surface area contributed by atoms with Crippen molar-refractivity contribution in [3.05, 3.63) is 238 Å². The van der Waals surface area contributed by atoms with Gasteiger partial charge in [0.2, 0.25) is 0 Å². The molecule has 321 valence electrons. The van der Waals surface area contributed by atoms with E-state index in [0.29, 0.717) is 46.0 Å². The molecule has 1 aromatic heterocycles. The van der Waals surface area contributed by atoms with Gasteiger partial charge in [-0.05, 0) is 78.2 Å². The summed E-state index contributed by atoms with van der Waals surface area (Å²) in [6, 6.07) is 66.4. The zero-order valence-electron chi connectivity index (χ0n) is 36.7. The molecule has 0 N–H and O–H groups in total. The second-order valence-corrected chi connectivity index (χ2v) is 20.3. The first kappa shape index (κ1) is 43.4. The van der Waals surface area contributed by atoms with Crippen LogP contribution in [0.5, 0.6) is 0 Å². The summed E-state index contributed by atoms with van der Waals surface area (Å²) in [5.41, 5.74) is 4.49. The Morgan fingerprint density at radius 2 is 0.768 bits per heavy atom. The Hall–Kier alpha value is -6.88. The Kier molecular flexibility index (Phi) is 11.7. The summed E-state index contributed by atoms with van der Waals surface area (Å²) in [5.74, 6) is 3.06. The Morgan fingerprint density at radius 3 is 1.36 bits per heavy atom. The summed E-state index contributed by atoms with van der Waals surface area (Å²) >= 11 is 6.68. The summed E-state index contributed by atoms with van der Waals surface area (Å²) in [4.78, 5) is 45.9. The van der Waals surface area contributed by atoms with Crippen LogP contribution in [0.2, 0.25) is 0 Å². The molecular formula is C56H32LiN8S4. The maximum Gasteiger partial charge on any atom is 1.00 e. The zero-order valence-corrected chi connectivity index (χ0v) is 40.0. The third kappa shape index (κ3) is 8.23. The molecule has 69 heavy (non-hydrogen) atoms. The smallest absolute Gasteiger partial charge is 0.357 e. The molecule has 0 unspecified atom stereocenters. The molecule has 8 nitrogen and oxygen atoms in total. The van der Waals surface area contributed by atoms with Gasteiger partial charge in [0.1, 0.15) is 0 Å². The van der Waals surface area contributed by atoms with Crippen LogP contribution in [0.15, 0.2) is 263 Å². The number of aliphatic imine (C=N–C) groups is 4. The van der Waals surface area contributed by atoms with E-state index in [1.807, 2.05) is 24.3 Å². The van der Waals surface area contributed by atoms with Gasteiger partial charge >= 0.3 is 18.9 Å². The summed E-state index contributed by atoms with van der Waals surface area (Å²) in [6.07, 6.45) is 0. The van der Waals surface area contributed by atoms with E-state index in [0.717, 1.165) is 82.6 Å². The van der Waals surface area contributed by atoms with Crippen LogP contribution in [-0.2, 0) is 0 Å². The van der Waals surface area contributed by atoms with Crippen molar-refractivity contribution in [2.45, 2.75) is 39.2 Å². The van der Waals surface area contributed by atoms with E-state index in [9.17, 15) is 0 Å². The number of hydrogen-bond acceptors (Lipinski definition) is 10. The summed E-state index contributed by atoms with van der Waals surface area (Å²) < 4.78 is 0. The van der Waals surface area contributed by atoms with Crippen molar-refractivity contribution in [2.24, 2.45) is 30.0 Å². The van der Waals surface area contributed by atoms with Crippen molar-refractivity contribution in [1.29, 1.82) is 0 Å². The van der Waals surface area contributed by atoms with Crippen LogP contribution in [0.25, 0.3) is 22.4 Å². The van der Waals surface area contributed by atoms with Gasteiger partial charge in [0.25, 0.3) is 0 Å². The molecule has 4 aliphatic rings. The number of benzene rings is 8. The number of amidine groups is 4. The molecule has 8 bridgehead atoms. The molecule has 1 radical (unpaired) electrons. The van der Waals surface area contributed by atoms with Crippen LogP contribution in [0.1, 0.15) is 22.3 Å². The molecule has 0 atom stereocenters. The number of nitrogens with zero attached hydrogens (tertiary/aromatic N) is 8. The van der Waals surface area contributed by atoms with Crippen LogP contribution in [-0.4, -0.2) is 23.3 Å². The number of fused-ring (bicyclic) bond motifs is 16. The van der Waals surface area contributed by atoms with Crippen molar-refractivity contribution in [3.63, 3.8) is 0 Å². The standard InChI is InChI=1S/C56H32N8S4.Li/c1-5-17-33(18-6-1)65-41-29-13-25-37-45(41)53-57-49(37)62-54-47-39(27-15-31-43(47)67-35-21-9-3-10-22-35)51(59-54)64-56-48-40(28-16-32-44(48)68-36-23-11-4-12-24-36)52(60-56)63-55-46-38(50(58-55)61-53)26-14-30-42(46)66-34-19-7-2-8-20-34;/h1-32H;/q-1;+1. The SMILES string of the molecule is [Li+].c1ccc(Sc2cccc3c2C2=NC3=NC3=c4c(Sc5ccccc5)cccc4=C([N]3)N=C3N=C(N=c4[n-]c(c5cccc(Sc6ccccc6)c45)=N2)c2cccc(Sc4ccccc4)c23)cc1. The first-order chi connectivity index (χ1) is 33.7. The van der Waals surface area contributed by atoms with Gasteiger partial charge in [-0.15, -0.1) is 0 Å².